The molecule has 2 aliphatic heterocycles. The lowest BCUT2D eigenvalue weighted by atomic mass is 9.98. The second kappa shape index (κ2) is 10.3. The van der Waals surface area contributed by atoms with Crippen LogP contribution in [0.2, 0.25) is 0 Å². The molecule has 0 bridgehead atoms. The van der Waals surface area contributed by atoms with Crippen molar-refractivity contribution >= 4 is 23.3 Å². The van der Waals surface area contributed by atoms with Gasteiger partial charge in [-0.25, -0.2) is 9.59 Å². The van der Waals surface area contributed by atoms with Gasteiger partial charge < -0.3 is 28.4 Å². The van der Waals surface area contributed by atoms with Crippen molar-refractivity contribution in [2.75, 3.05) is 14.2 Å². The van der Waals surface area contributed by atoms with Crippen LogP contribution in [-0.2, 0) is 38.0 Å². The minimum Gasteiger partial charge on any atom is -0.467 e. The first kappa shape index (κ1) is 25.1. The molecule has 2 saturated heterocycles. The number of nitrogens with zero attached hydrogens (tertiary/aromatic N) is 2. The lowest BCUT2D eigenvalue weighted by Gasteiger charge is -2.47. The molecule has 2 aromatic rings. The van der Waals surface area contributed by atoms with E-state index in [-0.39, 0.29) is 22.5 Å². The fraction of sp³-hybridized carbons (Fsp3) is 0.364. The quantitative estimate of drug-likeness (QED) is 0.319. The van der Waals surface area contributed by atoms with Crippen LogP contribution in [0.4, 0.5) is 11.4 Å². The highest BCUT2D eigenvalue weighted by molar-refractivity contribution is 5.78. The Morgan fingerprint density at radius 1 is 0.722 bits per heavy atom. The third kappa shape index (κ3) is 4.87. The number of carbonyl (C=O) groups excluding carboxylic acids is 2. The normalized spacial score (nSPS) is 27.4. The van der Waals surface area contributed by atoms with E-state index in [1.807, 2.05) is 0 Å². The molecule has 0 aromatic heterocycles. The maximum absolute atomic E-state index is 12.7. The lowest BCUT2D eigenvalue weighted by molar-refractivity contribution is -0.386. The van der Waals surface area contributed by atoms with Crippen molar-refractivity contribution in [3.8, 4) is 0 Å². The summed E-state index contributed by atoms with van der Waals surface area (Å²) in [7, 11) is 2.24. The molecule has 14 heteroatoms. The van der Waals surface area contributed by atoms with Gasteiger partial charge in [0.05, 0.1) is 24.1 Å². The van der Waals surface area contributed by atoms with Crippen molar-refractivity contribution in [3.05, 3.63) is 79.9 Å². The molecule has 2 aromatic carbocycles. The van der Waals surface area contributed by atoms with E-state index in [4.69, 9.17) is 28.4 Å². The Morgan fingerprint density at radius 2 is 1.11 bits per heavy atom. The average Bonchev–Trinajstić information content (AvgIpc) is 2.90. The number of methoxy groups -OCH3 is 2. The maximum atomic E-state index is 12.7. The predicted octanol–water partition coefficient (Wildman–Crippen LogP) is 2.11. The average molecular weight is 504 g/mol. The highest BCUT2D eigenvalue weighted by atomic mass is 16.8. The predicted molar refractivity (Wildman–Crippen MR) is 115 cm³/mol. The number of rotatable bonds is 6. The molecule has 36 heavy (non-hydrogen) atoms. The number of non-ortho nitro benzene ring substituents is 2. The van der Waals surface area contributed by atoms with E-state index in [0.717, 1.165) is 14.2 Å². The van der Waals surface area contributed by atoms with E-state index >= 15 is 0 Å². The Bertz CT molecular complexity index is 1100. The van der Waals surface area contributed by atoms with Crippen molar-refractivity contribution in [1.82, 2.24) is 0 Å². The molecule has 0 spiro atoms. The van der Waals surface area contributed by atoms with Gasteiger partial charge in [-0.2, -0.15) is 0 Å². The van der Waals surface area contributed by atoms with Crippen LogP contribution >= 0.6 is 0 Å². The molecule has 0 aliphatic carbocycles. The first-order chi connectivity index (χ1) is 17.2. The smallest absolute Gasteiger partial charge is 0.337 e. The molecule has 0 radical (unpaired) electrons. The zero-order chi connectivity index (χ0) is 26.0. The van der Waals surface area contributed by atoms with Crippen LogP contribution in [0.5, 0.6) is 0 Å². The van der Waals surface area contributed by atoms with Crippen LogP contribution in [0.15, 0.2) is 48.5 Å². The molecule has 2 fully saturated rings. The first-order valence-electron chi connectivity index (χ1n) is 10.5. The minimum absolute atomic E-state index is 0.195. The molecule has 14 nitrogen and oxygen atoms in total. The number of nitro benzene ring substituents is 2. The largest absolute Gasteiger partial charge is 0.467 e. The van der Waals surface area contributed by atoms with Crippen LogP contribution < -0.4 is 0 Å². The Kier molecular flexibility index (Phi) is 7.21. The first-order valence-corrected chi connectivity index (χ1v) is 10.5. The summed E-state index contributed by atoms with van der Waals surface area (Å²) in [4.78, 5) is 46.5. The third-order valence-corrected chi connectivity index (χ3v) is 5.60. The fourth-order valence-corrected chi connectivity index (χ4v) is 3.91. The topological polar surface area (TPSA) is 176 Å². The molecule has 0 amide bonds. The third-order valence-electron chi connectivity index (χ3n) is 5.60. The second-order valence-corrected chi connectivity index (χ2v) is 7.73. The Hall–Kier alpha value is -3.98. The van der Waals surface area contributed by atoms with Crippen molar-refractivity contribution in [3.63, 3.8) is 0 Å². The molecule has 6 atom stereocenters. The van der Waals surface area contributed by atoms with Gasteiger partial charge in [-0.1, -0.05) is 24.3 Å². The van der Waals surface area contributed by atoms with Crippen LogP contribution in [0.3, 0.4) is 0 Å². The molecule has 4 rings (SSSR count). The van der Waals surface area contributed by atoms with E-state index in [9.17, 15) is 29.8 Å². The Balaban J connectivity index is 1.72. The lowest BCUT2D eigenvalue weighted by Crippen LogP contribution is -2.62. The summed E-state index contributed by atoms with van der Waals surface area (Å²) in [5.41, 5.74) is -0.104. The second-order valence-electron chi connectivity index (χ2n) is 7.73. The standard InChI is InChI=1S/C22H20N2O12/c1-31-19(25)17-15-16(34-21(35-17)11-5-3-7-13(9-11)23(27)28)18(20(26)32-2)36-22(33-15)12-6-4-8-14(10-12)24(29)30/h3-10,15-18,21-22H,1-2H3/t15-,16-,17-,18+,21+,22+/m0/s1. The summed E-state index contributed by atoms with van der Waals surface area (Å²) in [6, 6.07) is 10.7. The summed E-state index contributed by atoms with van der Waals surface area (Å²) in [5.74, 6) is -1.74. The highest BCUT2D eigenvalue weighted by Gasteiger charge is 2.55. The van der Waals surface area contributed by atoms with Crippen molar-refractivity contribution < 1.29 is 47.9 Å². The summed E-state index contributed by atoms with van der Waals surface area (Å²) in [6.45, 7) is 0. The van der Waals surface area contributed by atoms with Gasteiger partial charge in [0.2, 0.25) is 0 Å². The van der Waals surface area contributed by atoms with Gasteiger partial charge in [0, 0.05) is 35.4 Å². The molecule has 0 unspecified atom stereocenters. The van der Waals surface area contributed by atoms with Gasteiger partial charge in [-0.3, -0.25) is 20.2 Å². The van der Waals surface area contributed by atoms with Gasteiger partial charge in [0.1, 0.15) is 12.2 Å². The number of hydrogen-bond acceptors (Lipinski definition) is 12. The van der Waals surface area contributed by atoms with Crippen molar-refractivity contribution in [2.45, 2.75) is 37.0 Å². The summed E-state index contributed by atoms with van der Waals surface area (Å²) >= 11 is 0. The fourth-order valence-electron chi connectivity index (χ4n) is 3.91. The van der Waals surface area contributed by atoms with E-state index in [1.165, 1.54) is 48.5 Å². The number of ether oxygens (including phenoxy) is 6. The maximum Gasteiger partial charge on any atom is 0.337 e. The molecule has 2 aliphatic rings. The van der Waals surface area contributed by atoms with Crippen LogP contribution in [0.1, 0.15) is 23.7 Å². The van der Waals surface area contributed by atoms with Gasteiger partial charge in [-0.05, 0) is 0 Å². The Morgan fingerprint density at radius 3 is 1.44 bits per heavy atom. The monoisotopic (exact) mass is 504 g/mol. The molecule has 2 heterocycles. The Labute approximate surface area is 202 Å². The van der Waals surface area contributed by atoms with Crippen molar-refractivity contribution in [2.24, 2.45) is 0 Å². The van der Waals surface area contributed by atoms with Crippen LogP contribution in [0, 0.1) is 20.2 Å². The number of hydrogen-bond donors (Lipinski definition) is 0. The van der Waals surface area contributed by atoms with Gasteiger partial charge in [0.25, 0.3) is 11.4 Å². The highest BCUT2D eigenvalue weighted by Crippen LogP contribution is 2.42. The van der Waals surface area contributed by atoms with E-state index in [0.29, 0.717) is 0 Å². The zero-order valence-corrected chi connectivity index (χ0v) is 18.9. The number of benzene rings is 2. The SMILES string of the molecule is COC(=O)[C@H]1O[C@H](c2cccc([N+](=O)[O-])c2)O[C@H]2[C@@H]1O[C@@H](c1cccc([N+](=O)[O-])c1)O[C@H]2C(=O)OC. The molecular weight excluding hydrogens is 484 g/mol. The van der Waals surface area contributed by atoms with Crippen molar-refractivity contribution in [1.29, 1.82) is 0 Å². The van der Waals surface area contributed by atoms with Gasteiger partial charge in [-0.15, -0.1) is 0 Å². The zero-order valence-electron chi connectivity index (χ0n) is 18.9. The molecule has 0 saturated carbocycles. The van der Waals surface area contributed by atoms with E-state index < -0.39 is 58.8 Å². The summed E-state index contributed by atoms with van der Waals surface area (Å²) in [5, 5.41) is 22.4. The number of nitro groups is 2. The number of fused-ring (bicyclic) bond motifs is 1. The van der Waals surface area contributed by atoms with Gasteiger partial charge in [0.15, 0.2) is 24.8 Å². The molecular formula is C22H20N2O12. The van der Waals surface area contributed by atoms with E-state index in [2.05, 4.69) is 0 Å². The van der Waals surface area contributed by atoms with Crippen LogP contribution in [0.25, 0.3) is 0 Å². The summed E-state index contributed by atoms with van der Waals surface area (Å²) < 4.78 is 33.1. The van der Waals surface area contributed by atoms with Crippen LogP contribution in [-0.4, -0.2) is 60.4 Å². The number of esters is 2. The summed E-state index contributed by atoms with van der Waals surface area (Å²) in [6.07, 6.45) is -8.09. The number of carbonyl (C=O) groups is 2. The van der Waals surface area contributed by atoms with E-state index in [1.54, 1.807) is 0 Å². The molecule has 0 N–H and O–H groups in total. The molecule has 190 valence electrons. The minimum atomic E-state index is -1.45. The van der Waals surface area contributed by atoms with Gasteiger partial charge >= 0.3 is 11.9 Å².